The van der Waals surface area contributed by atoms with E-state index in [2.05, 4.69) is 16.4 Å². The highest BCUT2D eigenvalue weighted by Gasteiger charge is 2.31. The van der Waals surface area contributed by atoms with Gasteiger partial charge in [-0.15, -0.1) is 0 Å². The minimum absolute atomic E-state index is 0.0311. The van der Waals surface area contributed by atoms with Gasteiger partial charge in [0.1, 0.15) is 11.9 Å². The number of ether oxygens (including phenoxy) is 1. The number of carbonyl (C=O) groups excluding carboxylic acids is 1. The van der Waals surface area contributed by atoms with E-state index in [9.17, 15) is 4.79 Å². The molecule has 0 aromatic carbocycles. The van der Waals surface area contributed by atoms with Gasteiger partial charge in [0.05, 0.1) is 11.5 Å². The molecule has 0 aliphatic carbocycles. The number of amides is 1. The molecule has 1 atom stereocenters. The summed E-state index contributed by atoms with van der Waals surface area (Å²) in [5, 5.41) is 12.3. The van der Waals surface area contributed by atoms with Gasteiger partial charge in [0.25, 0.3) is 0 Å². The van der Waals surface area contributed by atoms with E-state index in [1.54, 1.807) is 18.3 Å². The van der Waals surface area contributed by atoms with Gasteiger partial charge in [0.15, 0.2) is 0 Å². The predicted octanol–water partition coefficient (Wildman–Crippen LogP) is 1.07. The molecule has 2 fully saturated rings. The van der Waals surface area contributed by atoms with E-state index in [4.69, 9.17) is 10.00 Å². The summed E-state index contributed by atoms with van der Waals surface area (Å²) in [7, 11) is 0. The summed E-state index contributed by atoms with van der Waals surface area (Å²) in [5.74, 6) is 0.770. The smallest absolute Gasteiger partial charge is 0.225 e. The van der Waals surface area contributed by atoms with E-state index < -0.39 is 0 Å². The molecule has 1 amide bonds. The average Bonchev–Trinajstić information content (AvgIpc) is 3.05. The second-order valence-electron chi connectivity index (χ2n) is 5.81. The summed E-state index contributed by atoms with van der Waals surface area (Å²) < 4.78 is 5.31. The fourth-order valence-electron chi connectivity index (χ4n) is 3.06. The van der Waals surface area contributed by atoms with Crippen molar-refractivity contribution in [1.29, 1.82) is 5.26 Å². The summed E-state index contributed by atoms with van der Waals surface area (Å²) in [4.78, 5) is 18.7. The summed E-state index contributed by atoms with van der Waals surface area (Å²) in [6.07, 6.45) is 4.27. The molecule has 3 heterocycles. The van der Waals surface area contributed by atoms with Gasteiger partial charge in [-0.3, -0.25) is 4.79 Å². The second-order valence-corrected chi connectivity index (χ2v) is 5.81. The molecule has 1 N–H and O–H groups in total. The SMILES string of the molecule is N#Cc1cccnc1N1CCC(C(=O)NC2CCOCC2)C1. The van der Waals surface area contributed by atoms with Crippen LogP contribution in [0, 0.1) is 17.2 Å². The third kappa shape index (κ3) is 3.20. The van der Waals surface area contributed by atoms with Crippen molar-refractivity contribution in [1.82, 2.24) is 10.3 Å². The minimum Gasteiger partial charge on any atom is -0.381 e. The van der Waals surface area contributed by atoms with E-state index in [0.29, 0.717) is 17.9 Å². The summed E-state index contributed by atoms with van der Waals surface area (Å²) >= 11 is 0. The van der Waals surface area contributed by atoms with Crippen LogP contribution in [0.3, 0.4) is 0 Å². The number of hydrogen-bond acceptors (Lipinski definition) is 5. The Kier molecular flexibility index (Phi) is 4.54. The lowest BCUT2D eigenvalue weighted by Crippen LogP contribution is -2.42. The van der Waals surface area contributed by atoms with Gasteiger partial charge in [-0.25, -0.2) is 4.98 Å². The highest BCUT2D eigenvalue weighted by atomic mass is 16.5. The van der Waals surface area contributed by atoms with Crippen LogP contribution in [0.25, 0.3) is 0 Å². The number of pyridine rings is 1. The Hall–Kier alpha value is -2.13. The van der Waals surface area contributed by atoms with Crippen molar-refractivity contribution in [2.75, 3.05) is 31.2 Å². The highest BCUT2D eigenvalue weighted by molar-refractivity contribution is 5.80. The maximum Gasteiger partial charge on any atom is 0.225 e. The van der Waals surface area contributed by atoms with E-state index >= 15 is 0 Å². The van der Waals surface area contributed by atoms with Gasteiger partial charge in [0, 0.05) is 38.5 Å². The van der Waals surface area contributed by atoms with Gasteiger partial charge in [-0.05, 0) is 31.4 Å². The Morgan fingerprint density at radius 2 is 2.23 bits per heavy atom. The first-order valence-corrected chi connectivity index (χ1v) is 7.76. The van der Waals surface area contributed by atoms with E-state index in [1.165, 1.54) is 0 Å². The van der Waals surface area contributed by atoms with Crippen molar-refractivity contribution < 1.29 is 9.53 Å². The topological polar surface area (TPSA) is 78.2 Å². The molecule has 0 spiro atoms. The second kappa shape index (κ2) is 6.75. The number of aromatic nitrogens is 1. The van der Waals surface area contributed by atoms with Crippen LogP contribution >= 0.6 is 0 Å². The van der Waals surface area contributed by atoms with Gasteiger partial charge in [-0.2, -0.15) is 5.26 Å². The Morgan fingerprint density at radius 1 is 1.41 bits per heavy atom. The molecule has 0 saturated carbocycles. The van der Waals surface area contributed by atoms with Crippen LogP contribution in [0.15, 0.2) is 18.3 Å². The summed E-state index contributed by atoms with van der Waals surface area (Å²) in [6, 6.07) is 5.92. The molecule has 2 aliphatic heterocycles. The molecular weight excluding hydrogens is 280 g/mol. The number of rotatable bonds is 3. The molecule has 3 rings (SSSR count). The van der Waals surface area contributed by atoms with E-state index in [1.807, 2.05) is 4.90 Å². The molecule has 0 radical (unpaired) electrons. The quantitative estimate of drug-likeness (QED) is 0.903. The number of anilines is 1. The number of nitriles is 1. The van der Waals surface area contributed by atoms with Crippen molar-refractivity contribution in [3.8, 4) is 6.07 Å². The standard InChI is InChI=1S/C16H20N4O2/c17-10-12-2-1-6-18-15(12)20-7-3-13(11-20)16(21)19-14-4-8-22-9-5-14/h1-2,6,13-14H,3-5,7-9,11H2,(H,19,21). The molecule has 1 unspecified atom stereocenters. The van der Waals surface area contributed by atoms with E-state index in [0.717, 1.165) is 39.0 Å². The molecule has 2 saturated heterocycles. The monoisotopic (exact) mass is 300 g/mol. The first kappa shape index (κ1) is 14.8. The van der Waals surface area contributed by atoms with Crippen molar-refractivity contribution in [2.45, 2.75) is 25.3 Å². The van der Waals surface area contributed by atoms with Crippen molar-refractivity contribution in [3.63, 3.8) is 0 Å². The fourth-order valence-corrected chi connectivity index (χ4v) is 3.06. The van der Waals surface area contributed by atoms with Crippen molar-refractivity contribution in [2.24, 2.45) is 5.92 Å². The Labute approximate surface area is 130 Å². The molecule has 0 bridgehead atoms. The zero-order valence-electron chi connectivity index (χ0n) is 12.5. The van der Waals surface area contributed by atoms with Crippen molar-refractivity contribution in [3.05, 3.63) is 23.9 Å². The van der Waals surface area contributed by atoms with Crippen molar-refractivity contribution >= 4 is 11.7 Å². The Morgan fingerprint density at radius 3 is 3.00 bits per heavy atom. The lowest BCUT2D eigenvalue weighted by atomic mass is 10.1. The molecule has 6 nitrogen and oxygen atoms in total. The molecule has 1 aromatic rings. The Balaban J connectivity index is 1.59. The lowest BCUT2D eigenvalue weighted by molar-refractivity contribution is -0.125. The lowest BCUT2D eigenvalue weighted by Gasteiger charge is -2.24. The molecule has 2 aliphatic rings. The molecule has 6 heteroatoms. The van der Waals surface area contributed by atoms with Crippen LogP contribution in [-0.4, -0.2) is 43.2 Å². The third-order valence-electron chi connectivity index (χ3n) is 4.33. The fraction of sp³-hybridized carbons (Fsp3) is 0.562. The van der Waals surface area contributed by atoms with Crippen LogP contribution < -0.4 is 10.2 Å². The zero-order chi connectivity index (χ0) is 15.4. The van der Waals surface area contributed by atoms with Crippen LogP contribution in [0.1, 0.15) is 24.8 Å². The highest BCUT2D eigenvalue weighted by Crippen LogP contribution is 2.25. The van der Waals surface area contributed by atoms with Gasteiger partial charge >= 0.3 is 0 Å². The molecule has 116 valence electrons. The summed E-state index contributed by atoms with van der Waals surface area (Å²) in [6.45, 7) is 2.83. The molecule has 22 heavy (non-hydrogen) atoms. The van der Waals surface area contributed by atoms with Gasteiger partial charge < -0.3 is 15.0 Å². The minimum atomic E-state index is -0.0311. The van der Waals surface area contributed by atoms with E-state index in [-0.39, 0.29) is 17.9 Å². The number of carbonyl (C=O) groups is 1. The average molecular weight is 300 g/mol. The molecular formula is C16H20N4O2. The maximum atomic E-state index is 12.4. The first-order valence-electron chi connectivity index (χ1n) is 7.76. The Bertz CT molecular complexity index is 578. The zero-order valence-corrected chi connectivity index (χ0v) is 12.5. The van der Waals surface area contributed by atoms with Gasteiger partial charge in [-0.1, -0.05) is 0 Å². The summed E-state index contributed by atoms with van der Waals surface area (Å²) in [5.41, 5.74) is 0.563. The third-order valence-corrected chi connectivity index (χ3v) is 4.33. The largest absolute Gasteiger partial charge is 0.381 e. The van der Waals surface area contributed by atoms with Crippen LogP contribution in [0.4, 0.5) is 5.82 Å². The number of hydrogen-bond donors (Lipinski definition) is 1. The maximum absolute atomic E-state index is 12.4. The van der Waals surface area contributed by atoms with Crippen LogP contribution in [0.2, 0.25) is 0 Å². The number of nitrogens with one attached hydrogen (secondary N) is 1. The van der Waals surface area contributed by atoms with Gasteiger partial charge in [0.2, 0.25) is 5.91 Å². The van der Waals surface area contributed by atoms with Crippen LogP contribution in [0.5, 0.6) is 0 Å². The van der Waals surface area contributed by atoms with Crippen LogP contribution in [-0.2, 0) is 9.53 Å². The number of nitrogens with zero attached hydrogens (tertiary/aromatic N) is 3. The first-order chi connectivity index (χ1) is 10.8. The predicted molar refractivity (Wildman–Crippen MR) is 81.3 cm³/mol. The normalized spacial score (nSPS) is 22.3. The molecule has 1 aromatic heterocycles.